The maximum atomic E-state index is 13.6. The minimum absolute atomic E-state index is 0.125. The summed E-state index contributed by atoms with van der Waals surface area (Å²) in [6.45, 7) is 0. The van der Waals surface area contributed by atoms with E-state index in [0.717, 1.165) is 12.1 Å². The number of benzene rings is 2. The summed E-state index contributed by atoms with van der Waals surface area (Å²) in [5.74, 6) is -3.32. The van der Waals surface area contributed by atoms with Gasteiger partial charge in [0.2, 0.25) is 5.91 Å². The van der Waals surface area contributed by atoms with Crippen molar-refractivity contribution in [3.05, 3.63) is 89.0 Å². The number of carbonyl (C=O) groups excluding carboxylic acids is 2. The van der Waals surface area contributed by atoms with E-state index in [-0.39, 0.29) is 23.2 Å². The summed E-state index contributed by atoms with van der Waals surface area (Å²) < 4.78 is 53.1. The molecule has 0 radical (unpaired) electrons. The van der Waals surface area contributed by atoms with Crippen LogP contribution >= 0.6 is 0 Å². The molecule has 1 atom stereocenters. The molecule has 0 fully saturated rings. The van der Waals surface area contributed by atoms with Crippen LogP contribution in [0.3, 0.4) is 0 Å². The fourth-order valence-corrected chi connectivity index (χ4v) is 2.87. The van der Waals surface area contributed by atoms with Crippen LogP contribution in [0.25, 0.3) is 0 Å². The molecule has 2 amide bonds. The molecule has 2 aromatic carbocycles. The van der Waals surface area contributed by atoms with Crippen LogP contribution in [0.5, 0.6) is 0 Å². The van der Waals surface area contributed by atoms with Gasteiger partial charge in [-0.25, -0.2) is 9.82 Å². The number of nitrogens with two attached hydrogens (primary N) is 1. The van der Waals surface area contributed by atoms with E-state index in [9.17, 15) is 27.2 Å². The molecule has 0 aliphatic carbocycles. The number of primary amides is 1. The van der Waals surface area contributed by atoms with E-state index in [0.29, 0.717) is 10.9 Å². The molecule has 0 aliphatic rings. The Hall–Kier alpha value is -3.69. The molecule has 6 nitrogen and oxygen atoms in total. The molecule has 0 saturated carbocycles. The monoisotopic (exact) mass is 420 g/mol. The van der Waals surface area contributed by atoms with Crippen LogP contribution in [-0.4, -0.2) is 21.7 Å². The lowest BCUT2D eigenvalue weighted by Gasteiger charge is -2.15. The van der Waals surface area contributed by atoms with E-state index in [1.165, 1.54) is 24.3 Å². The Morgan fingerprint density at radius 2 is 1.77 bits per heavy atom. The topological polar surface area (TPSA) is 90.0 Å². The number of aromatic nitrogens is 2. The second-order valence-electron chi connectivity index (χ2n) is 6.45. The summed E-state index contributed by atoms with van der Waals surface area (Å²) in [6.07, 6.45) is -5.12. The third-order valence-corrected chi connectivity index (χ3v) is 4.32. The highest BCUT2D eigenvalue weighted by atomic mass is 19.4. The van der Waals surface area contributed by atoms with Gasteiger partial charge < -0.3 is 5.73 Å². The van der Waals surface area contributed by atoms with Gasteiger partial charge in [0.15, 0.2) is 5.69 Å². The summed E-state index contributed by atoms with van der Waals surface area (Å²) in [5.41, 5.74) is 6.68. The van der Waals surface area contributed by atoms with Gasteiger partial charge in [-0.1, -0.05) is 30.3 Å². The maximum absolute atomic E-state index is 13.6. The van der Waals surface area contributed by atoms with Crippen LogP contribution < -0.4 is 11.2 Å². The number of amides is 2. The Bertz CT molecular complexity index is 1060. The second kappa shape index (κ2) is 8.36. The lowest BCUT2D eigenvalue weighted by Crippen LogP contribution is -2.29. The van der Waals surface area contributed by atoms with Gasteiger partial charge in [0.1, 0.15) is 5.82 Å². The summed E-state index contributed by atoms with van der Waals surface area (Å²) >= 11 is 0. The van der Waals surface area contributed by atoms with E-state index >= 15 is 0 Å². The van der Waals surface area contributed by atoms with Gasteiger partial charge in [0.05, 0.1) is 11.6 Å². The van der Waals surface area contributed by atoms with Crippen molar-refractivity contribution >= 4 is 11.8 Å². The molecule has 3 aromatic rings. The van der Waals surface area contributed by atoms with Gasteiger partial charge in [-0.05, 0) is 35.9 Å². The number of nitrogens with zero attached hydrogens (tertiary/aromatic N) is 2. The zero-order valence-electron chi connectivity index (χ0n) is 15.4. The molecule has 0 aliphatic heterocycles. The largest absolute Gasteiger partial charge is 0.435 e. The van der Waals surface area contributed by atoms with E-state index < -0.39 is 35.4 Å². The lowest BCUT2D eigenvalue weighted by atomic mass is 9.93. The molecule has 30 heavy (non-hydrogen) atoms. The van der Waals surface area contributed by atoms with E-state index in [4.69, 9.17) is 5.73 Å². The molecular weight excluding hydrogens is 404 g/mol. The Kier molecular flexibility index (Phi) is 5.86. The highest BCUT2D eigenvalue weighted by molar-refractivity contribution is 5.99. The molecule has 0 bridgehead atoms. The molecule has 10 heteroatoms. The molecular formula is C20H16F4N4O2. The minimum Gasteiger partial charge on any atom is -0.369 e. The molecule has 0 saturated heterocycles. The van der Waals surface area contributed by atoms with Gasteiger partial charge in [0.25, 0.3) is 5.91 Å². The number of alkyl halides is 3. The Morgan fingerprint density at radius 1 is 1.07 bits per heavy atom. The number of hydrogen-bond donors (Lipinski definition) is 2. The zero-order chi connectivity index (χ0) is 21.9. The Morgan fingerprint density at radius 3 is 2.37 bits per heavy atom. The molecule has 156 valence electrons. The first-order valence-corrected chi connectivity index (χ1v) is 8.72. The summed E-state index contributed by atoms with van der Waals surface area (Å²) in [4.78, 5) is 25.0. The summed E-state index contributed by atoms with van der Waals surface area (Å²) in [6, 6.07) is 13.5. The van der Waals surface area contributed by atoms with Crippen molar-refractivity contribution in [1.82, 2.24) is 9.89 Å². The fourth-order valence-electron chi connectivity index (χ4n) is 2.87. The third kappa shape index (κ3) is 4.83. The first-order chi connectivity index (χ1) is 14.1. The van der Waals surface area contributed by atoms with Crippen LogP contribution in [-0.2, 0) is 17.4 Å². The predicted molar refractivity (Wildman–Crippen MR) is 99.4 cm³/mol. The molecule has 1 unspecified atom stereocenters. The van der Waals surface area contributed by atoms with E-state index in [1.807, 2.05) is 0 Å². The van der Waals surface area contributed by atoms with Crippen LogP contribution in [0.15, 0.2) is 60.7 Å². The fraction of sp³-hybridized carbons (Fsp3) is 0.150. The van der Waals surface area contributed by atoms with E-state index in [2.05, 4.69) is 10.5 Å². The van der Waals surface area contributed by atoms with Crippen molar-refractivity contribution in [2.24, 2.45) is 5.73 Å². The predicted octanol–water partition coefficient (Wildman–Crippen LogP) is 3.24. The highest BCUT2D eigenvalue weighted by Gasteiger charge is 2.36. The van der Waals surface area contributed by atoms with Crippen molar-refractivity contribution in [2.75, 3.05) is 5.43 Å². The van der Waals surface area contributed by atoms with Crippen LogP contribution in [0.2, 0.25) is 0 Å². The lowest BCUT2D eigenvalue weighted by molar-refractivity contribution is -0.141. The number of hydrogen-bond acceptors (Lipinski definition) is 3. The summed E-state index contributed by atoms with van der Waals surface area (Å²) in [7, 11) is 0. The number of halogens is 4. The standard InChI is InChI=1S/C20H16F4N4O2/c21-14-8-4-7-13(9-14)16(18(25)29)10-15-11-17(20(22,23)24)26-28(15)27-19(30)12-5-2-1-3-6-12/h1-9,11,16H,10H2,(H2,25,29)(H,27,30). The van der Waals surface area contributed by atoms with Crippen LogP contribution in [0.4, 0.5) is 17.6 Å². The van der Waals surface area contributed by atoms with Gasteiger partial charge in [0, 0.05) is 12.0 Å². The minimum atomic E-state index is -4.78. The second-order valence-corrected chi connectivity index (χ2v) is 6.45. The molecule has 0 spiro atoms. The molecule has 3 N–H and O–H groups in total. The third-order valence-electron chi connectivity index (χ3n) is 4.32. The number of rotatable bonds is 6. The quantitative estimate of drug-likeness (QED) is 0.600. The first kappa shape index (κ1) is 21.0. The number of nitrogens with one attached hydrogen (secondary N) is 1. The SMILES string of the molecule is NC(=O)C(Cc1cc(C(F)(F)F)nn1NC(=O)c1ccccc1)c1cccc(F)c1. The maximum Gasteiger partial charge on any atom is 0.435 e. The highest BCUT2D eigenvalue weighted by Crippen LogP contribution is 2.30. The van der Waals surface area contributed by atoms with Gasteiger partial charge >= 0.3 is 6.18 Å². The number of carbonyl (C=O) groups is 2. The molecule has 1 heterocycles. The van der Waals surface area contributed by atoms with Crippen molar-refractivity contribution in [1.29, 1.82) is 0 Å². The Labute approximate surface area is 168 Å². The van der Waals surface area contributed by atoms with E-state index in [1.54, 1.807) is 18.2 Å². The smallest absolute Gasteiger partial charge is 0.369 e. The van der Waals surface area contributed by atoms with Gasteiger partial charge in [-0.3, -0.25) is 9.59 Å². The summed E-state index contributed by atoms with van der Waals surface area (Å²) in [5, 5.41) is 3.40. The van der Waals surface area contributed by atoms with Crippen molar-refractivity contribution < 1.29 is 27.2 Å². The normalized spacial score (nSPS) is 12.4. The average Bonchev–Trinajstić information content (AvgIpc) is 3.09. The van der Waals surface area contributed by atoms with Crippen molar-refractivity contribution in [3.8, 4) is 0 Å². The zero-order valence-corrected chi connectivity index (χ0v) is 15.4. The van der Waals surface area contributed by atoms with Crippen molar-refractivity contribution in [3.63, 3.8) is 0 Å². The molecule has 3 rings (SSSR count). The van der Waals surface area contributed by atoms with Crippen LogP contribution in [0, 0.1) is 5.82 Å². The molecule has 1 aromatic heterocycles. The van der Waals surface area contributed by atoms with Gasteiger partial charge in [-0.2, -0.15) is 18.0 Å². The average molecular weight is 420 g/mol. The van der Waals surface area contributed by atoms with Crippen LogP contribution in [0.1, 0.15) is 33.2 Å². The van der Waals surface area contributed by atoms with Crippen molar-refractivity contribution in [2.45, 2.75) is 18.5 Å². The van der Waals surface area contributed by atoms with Gasteiger partial charge in [-0.15, -0.1) is 5.10 Å². The first-order valence-electron chi connectivity index (χ1n) is 8.72. The Balaban J connectivity index is 1.96.